The molecule has 0 saturated heterocycles. The van der Waals surface area contributed by atoms with Gasteiger partial charge in [0.2, 0.25) is 0 Å². The Hall–Kier alpha value is -1.13. The van der Waals surface area contributed by atoms with Gasteiger partial charge < -0.3 is 15.2 Å². The lowest BCUT2D eigenvalue weighted by molar-refractivity contribution is 0.173. The van der Waals surface area contributed by atoms with Crippen LogP contribution in [0.5, 0.6) is 5.75 Å². The molecular formula is C14H24N2O2. The number of hydrogen-bond donors (Lipinski definition) is 2. The molecule has 0 spiro atoms. The van der Waals surface area contributed by atoms with Crippen LogP contribution in [0.4, 0.5) is 0 Å². The number of aliphatic hydroxyl groups excluding tert-OH is 1. The molecule has 0 aromatic carbocycles. The first kappa shape index (κ1) is 14.9. The largest absolute Gasteiger partial charge is 0.491 e. The lowest BCUT2D eigenvalue weighted by atomic mass is 10.2. The van der Waals surface area contributed by atoms with E-state index in [1.54, 1.807) is 0 Å². The van der Waals surface area contributed by atoms with E-state index in [2.05, 4.69) is 17.2 Å². The van der Waals surface area contributed by atoms with Gasteiger partial charge in [0, 0.05) is 24.8 Å². The average Bonchev–Trinajstić information content (AvgIpc) is 2.37. The van der Waals surface area contributed by atoms with Crippen LogP contribution in [0.25, 0.3) is 0 Å². The van der Waals surface area contributed by atoms with Crippen molar-refractivity contribution in [3.63, 3.8) is 0 Å². The standard InChI is InChI=1S/C14H24N2O2/c1-4-7-15-8-13-14(6-5-12(3)16-13)18-10-11(2)9-17/h5-6,11,15,17H,4,7-10H2,1-3H3. The summed E-state index contributed by atoms with van der Waals surface area (Å²) in [5, 5.41) is 12.3. The van der Waals surface area contributed by atoms with Crippen molar-refractivity contribution in [3.05, 3.63) is 23.5 Å². The zero-order valence-electron chi connectivity index (χ0n) is 11.6. The minimum Gasteiger partial charge on any atom is -0.491 e. The topological polar surface area (TPSA) is 54.4 Å². The van der Waals surface area contributed by atoms with E-state index in [1.165, 1.54) is 0 Å². The maximum absolute atomic E-state index is 8.99. The Labute approximate surface area is 109 Å². The summed E-state index contributed by atoms with van der Waals surface area (Å²) in [5.41, 5.74) is 1.93. The van der Waals surface area contributed by atoms with Crippen LogP contribution in [0.3, 0.4) is 0 Å². The highest BCUT2D eigenvalue weighted by Crippen LogP contribution is 2.17. The van der Waals surface area contributed by atoms with Crippen LogP contribution < -0.4 is 10.1 Å². The Morgan fingerprint density at radius 1 is 1.44 bits per heavy atom. The van der Waals surface area contributed by atoms with Gasteiger partial charge in [0.25, 0.3) is 0 Å². The minimum absolute atomic E-state index is 0.141. The zero-order chi connectivity index (χ0) is 13.4. The Kier molecular flexibility index (Phi) is 6.68. The summed E-state index contributed by atoms with van der Waals surface area (Å²) < 4.78 is 5.71. The quantitative estimate of drug-likeness (QED) is 0.694. The van der Waals surface area contributed by atoms with Crippen molar-refractivity contribution in [3.8, 4) is 5.75 Å². The molecule has 0 radical (unpaired) electrons. The highest BCUT2D eigenvalue weighted by Gasteiger charge is 2.07. The lowest BCUT2D eigenvalue weighted by Gasteiger charge is -2.14. The number of ether oxygens (including phenoxy) is 1. The third-order valence-electron chi connectivity index (χ3n) is 2.63. The first-order valence-corrected chi connectivity index (χ1v) is 6.58. The molecule has 0 amide bonds. The fraction of sp³-hybridized carbons (Fsp3) is 0.643. The van der Waals surface area contributed by atoms with Gasteiger partial charge in [0.15, 0.2) is 0 Å². The van der Waals surface area contributed by atoms with Crippen molar-refractivity contribution < 1.29 is 9.84 Å². The van der Waals surface area contributed by atoms with Gasteiger partial charge >= 0.3 is 0 Å². The zero-order valence-corrected chi connectivity index (χ0v) is 11.6. The number of pyridine rings is 1. The molecule has 102 valence electrons. The first-order valence-electron chi connectivity index (χ1n) is 6.58. The van der Waals surface area contributed by atoms with E-state index in [1.807, 2.05) is 26.0 Å². The van der Waals surface area contributed by atoms with E-state index in [0.29, 0.717) is 6.61 Å². The van der Waals surface area contributed by atoms with Crippen molar-refractivity contribution in [2.75, 3.05) is 19.8 Å². The predicted octanol–water partition coefficient (Wildman–Crippen LogP) is 1.90. The van der Waals surface area contributed by atoms with Gasteiger partial charge in [-0.3, -0.25) is 4.98 Å². The van der Waals surface area contributed by atoms with Crippen molar-refractivity contribution in [2.45, 2.75) is 33.7 Å². The van der Waals surface area contributed by atoms with Crippen LogP contribution in [0, 0.1) is 12.8 Å². The molecular weight excluding hydrogens is 228 g/mol. The number of aliphatic hydroxyl groups is 1. The van der Waals surface area contributed by atoms with Gasteiger partial charge in [0.05, 0.1) is 12.3 Å². The molecule has 1 aromatic rings. The lowest BCUT2D eigenvalue weighted by Crippen LogP contribution is -2.18. The van der Waals surface area contributed by atoms with E-state index in [-0.39, 0.29) is 12.5 Å². The van der Waals surface area contributed by atoms with Gasteiger partial charge in [-0.05, 0) is 32.0 Å². The Morgan fingerprint density at radius 2 is 2.22 bits per heavy atom. The predicted molar refractivity (Wildman–Crippen MR) is 72.7 cm³/mol. The van der Waals surface area contributed by atoms with Crippen LogP contribution in [-0.4, -0.2) is 29.8 Å². The summed E-state index contributed by atoms with van der Waals surface area (Å²) in [4.78, 5) is 4.50. The minimum atomic E-state index is 0.141. The average molecular weight is 252 g/mol. The van der Waals surface area contributed by atoms with Crippen LogP contribution >= 0.6 is 0 Å². The number of aryl methyl sites for hydroxylation is 1. The Morgan fingerprint density at radius 3 is 2.89 bits per heavy atom. The molecule has 2 N–H and O–H groups in total. The summed E-state index contributed by atoms with van der Waals surface area (Å²) in [6.07, 6.45) is 1.10. The molecule has 0 aliphatic heterocycles. The van der Waals surface area contributed by atoms with Gasteiger partial charge in [-0.2, -0.15) is 0 Å². The van der Waals surface area contributed by atoms with Crippen molar-refractivity contribution in [1.29, 1.82) is 0 Å². The third kappa shape index (κ3) is 5.02. The summed E-state index contributed by atoms with van der Waals surface area (Å²) in [6, 6.07) is 3.90. The van der Waals surface area contributed by atoms with Gasteiger partial charge in [-0.1, -0.05) is 13.8 Å². The SMILES string of the molecule is CCCNCc1nc(C)ccc1OCC(C)CO. The molecule has 1 rings (SSSR count). The number of rotatable bonds is 8. The highest BCUT2D eigenvalue weighted by atomic mass is 16.5. The monoisotopic (exact) mass is 252 g/mol. The molecule has 4 nitrogen and oxygen atoms in total. The van der Waals surface area contributed by atoms with E-state index >= 15 is 0 Å². The molecule has 0 saturated carbocycles. The summed E-state index contributed by atoms with van der Waals surface area (Å²) >= 11 is 0. The van der Waals surface area contributed by atoms with Crippen molar-refractivity contribution in [1.82, 2.24) is 10.3 Å². The van der Waals surface area contributed by atoms with Crippen molar-refractivity contribution >= 4 is 0 Å². The molecule has 1 unspecified atom stereocenters. The van der Waals surface area contributed by atoms with Crippen molar-refractivity contribution in [2.24, 2.45) is 5.92 Å². The van der Waals surface area contributed by atoms with E-state index in [0.717, 1.165) is 36.6 Å². The molecule has 0 bridgehead atoms. The smallest absolute Gasteiger partial charge is 0.142 e. The Bertz CT molecular complexity index is 356. The van der Waals surface area contributed by atoms with Gasteiger partial charge in [-0.25, -0.2) is 0 Å². The molecule has 1 atom stereocenters. The van der Waals surface area contributed by atoms with Crippen LogP contribution in [0.15, 0.2) is 12.1 Å². The second-order valence-corrected chi connectivity index (χ2v) is 4.67. The van der Waals surface area contributed by atoms with Crippen LogP contribution in [0.1, 0.15) is 31.7 Å². The van der Waals surface area contributed by atoms with E-state index in [9.17, 15) is 0 Å². The number of nitrogens with one attached hydrogen (secondary N) is 1. The fourth-order valence-electron chi connectivity index (χ4n) is 1.52. The van der Waals surface area contributed by atoms with Gasteiger partial charge in [0.1, 0.15) is 5.75 Å². The second kappa shape index (κ2) is 8.06. The normalized spacial score (nSPS) is 12.4. The summed E-state index contributed by atoms with van der Waals surface area (Å²) in [7, 11) is 0. The van der Waals surface area contributed by atoms with Crippen LogP contribution in [0.2, 0.25) is 0 Å². The van der Waals surface area contributed by atoms with Crippen LogP contribution in [-0.2, 0) is 6.54 Å². The first-order chi connectivity index (χ1) is 8.67. The number of hydrogen-bond acceptors (Lipinski definition) is 4. The summed E-state index contributed by atoms with van der Waals surface area (Å²) in [6.45, 7) is 8.42. The second-order valence-electron chi connectivity index (χ2n) is 4.67. The maximum atomic E-state index is 8.99. The molecule has 0 aliphatic rings. The number of nitrogens with zero attached hydrogens (tertiary/aromatic N) is 1. The molecule has 0 aliphatic carbocycles. The highest BCUT2D eigenvalue weighted by molar-refractivity contribution is 5.29. The van der Waals surface area contributed by atoms with E-state index < -0.39 is 0 Å². The van der Waals surface area contributed by atoms with Gasteiger partial charge in [-0.15, -0.1) is 0 Å². The number of aromatic nitrogens is 1. The van der Waals surface area contributed by atoms with E-state index in [4.69, 9.17) is 9.84 Å². The molecule has 0 fully saturated rings. The maximum Gasteiger partial charge on any atom is 0.142 e. The molecule has 4 heteroatoms. The Balaban J connectivity index is 2.63. The molecule has 18 heavy (non-hydrogen) atoms. The molecule has 1 aromatic heterocycles. The fourth-order valence-corrected chi connectivity index (χ4v) is 1.52. The third-order valence-corrected chi connectivity index (χ3v) is 2.63. The molecule has 1 heterocycles. The summed E-state index contributed by atoms with van der Waals surface area (Å²) in [5.74, 6) is 0.951.